The lowest BCUT2D eigenvalue weighted by Crippen LogP contribution is -2.37. The molecule has 0 spiro atoms. The Morgan fingerprint density at radius 1 is 1.26 bits per heavy atom. The summed E-state index contributed by atoms with van der Waals surface area (Å²) in [5, 5.41) is 0. The standard InChI is InChI=1S/C15H19NO3/c1-3-16(4-2)15(18)12-10-13(17)19-14(12)11-8-6-5-7-9-11/h5-9,12,14H,3-4,10H2,1-2H3/t12-,14+/m0/s1. The van der Waals surface area contributed by atoms with Crippen molar-refractivity contribution in [1.29, 1.82) is 0 Å². The van der Waals surface area contributed by atoms with Crippen LogP contribution < -0.4 is 0 Å². The second-order valence-corrected chi connectivity index (χ2v) is 4.64. The fourth-order valence-corrected chi connectivity index (χ4v) is 2.49. The average Bonchev–Trinajstić information content (AvgIpc) is 2.83. The number of esters is 1. The van der Waals surface area contributed by atoms with E-state index in [2.05, 4.69) is 0 Å². The van der Waals surface area contributed by atoms with Gasteiger partial charge in [-0.05, 0) is 19.4 Å². The summed E-state index contributed by atoms with van der Waals surface area (Å²) in [6.07, 6.45) is -0.267. The van der Waals surface area contributed by atoms with Gasteiger partial charge in [0.25, 0.3) is 0 Å². The van der Waals surface area contributed by atoms with E-state index in [1.807, 2.05) is 44.2 Å². The summed E-state index contributed by atoms with van der Waals surface area (Å²) in [4.78, 5) is 25.7. The number of nitrogens with zero attached hydrogens (tertiary/aromatic N) is 1. The Kier molecular flexibility index (Phi) is 4.20. The molecule has 0 aromatic heterocycles. The first-order chi connectivity index (χ1) is 9.17. The highest BCUT2D eigenvalue weighted by Gasteiger charge is 2.41. The van der Waals surface area contributed by atoms with E-state index in [1.54, 1.807) is 4.90 Å². The van der Waals surface area contributed by atoms with Gasteiger partial charge in [-0.25, -0.2) is 0 Å². The molecule has 2 atom stereocenters. The van der Waals surface area contributed by atoms with Crippen LogP contribution in [-0.2, 0) is 14.3 Å². The van der Waals surface area contributed by atoms with Crippen LogP contribution in [0.15, 0.2) is 30.3 Å². The highest BCUT2D eigenvalue weighted by Crippen LogP contribution is 2.36. The van der Waals surface area contributed by atoms with Gasteiger partial charge in [0.2, 0.25) is 5.91 Å². The minimum atomic E-state index is -0.443. The third-order valence-electron chi connectivity index (χ3n) is 3.53. The molecule has 102 valence electrons. The lowest BCUT2D eigenvalue weighted by Gasteiger charge is -2.24. The zero-order valence-corrected chi connectivity index (χ0v) is 11.3. The van der Waals surface area contributed by atoms with Crippen molar-refractivity contribution < 1.29 is 14.3 Å². The van der Waals surface area contributed by atoms with Crippen LogP contribution in [0, 0.1) is 5.92 Å². The van der Waals surface area contributed by atoms with E-state index in [0.717, 1.165) is 5.56 Å². The second-order valence-electron chi connectivity index (χ2n) is 4.64. The Labute approximate surface area is 113 Å². The largest absolute Gasteiger partial charge is 0.457 e. The molecule has 0 radical (unpaired) electrons. The molecule has 4 nitrogen and oxygen atoms in total. The fraction of sp³-hybridized carbons (Fsp3) is 0.467. The summed E-state index contributed by atoms with van der Waals surface area (Å²) in [6.45, 7) is 5.19. The van der Waals surface area contributed by atoms with Crippen molar-refractivity contribution >= 4 is 11.9 Å². The molecule has 1 amide bonds. The van der Waals surface area contributed by atoms with Crippen LogP contribution >= 0.6 is 0 Å². The molecule has 0 saturated carbocycles. The molecule has 0 bridgehead atoms. The van der Waals surface area contributed by atoms with Crippen LogP contribution in [0.5, 0.6) is 0 Å². The summed E-state index contributed by atoms with van der Waals surface area (Å²) < 4.78 is 5.33. The minimum absolute atomic E-state index is 0.00435. The molecule has 1 aromatic rings. The van der Waals surface area contributed by atoms with E-state index in [4.69, 9.17) is 4.74 Å². The number of hydrogen-bond donors (Lipinski definition) is 0. The van der Waals surface area contributed by atoms with Crippen LogP contribution in [0.4, 0.5) is 0 Å². The molecule has 0 N–H and O–H groups in total. The fourth-order valence-electron chi connectivity index (χ4n) is 2.49. The zero-order valence-electron chi connectivity index (χ0n) is 11.3. The van der Waals surface area contributed by atoms with Gasteiger partial charge >= 0.3 is 5.97 Å². The zero-order chi connectivity index (χ0) is 13.8. The van der Waals surface area contributed by atoms with E-state index in [1.165, 1.54) is 0 Å². The molecule has 0 aliphatic carbocycles. The van der Waals surface area contributed by atoms with E-state index in [-0.39, 0.29) is 18.3 Å². The van der Waals surface area contributed by atoms with E-state index in [9.17, 15) is 9.59 Å². The molecule has 19 heavy (non-hydrogen) atoms. The number of ether oxygens (including phenoxy) is 1. The first kappa shape index (κ1) is 13.6. The Bertz CT molecular complexity index is 454. The smallest absolute Gasteiger partial charge is 0.307 e. The number of cyclic esters (lactones) is 1. The molecule has 0 unspecified atom stereocenters. The minimum Gasteiger partial charge on any atom is -0.457 e. The maximum Gasteiger partial charge on any atom is 0.307 e. The van der Waals surface area contributed by atoms with Crippen molar-refractivity contribution in [3.8, 4) is 0 Å². The first-order valence-corrected chi connectivity index (χ1v) is 6.70. The van der Waals surface area contributed by atoms with Crippen LogP contribution in [0.3, 0.4) is 0 Å². The summed E-state index contributed by atoms with van der Waals surface area (Å²) >= 11 is 0. The van der Waals surface area contributed by atoms with Crippen molar-refractivity contribution in [2.75, 3.05) is 13.1 Å². The summed E-state index contributed by atoms with van der Waals surface area (Å²) in [6, 6.07) is 9.47. The molecule has 1 aliphatic heterocycles. The second kappa shape index (κ2) is 5.87. The molecular weight excluding hydrogens is 242 g/mol. The van der Waals surface area contributed by atoms with Crippen molar-refractivity contribution in [2.24, 2.45) is 5.92 Å². The van der Waals surface area contributed by atoms with E-state index < -0.39 is 12.0 Å². The highest BCUT2D eigenvalue weighted by atomic mass is 16.6. The number of carbonyl (C=O) groups is 2. The Hall–Kier alpha value is -1.84. The van der Waals surface area contributed by atoms with Gasteiger partial charge in [-0.1, -0.05) is 30.3 Å². The third kappa shape index (κ3) is 2.78. The number of carbonyl (C=O) groups excluding carboxylic acids is 2. The summed E-state index contributed by atoms with van der Waals surface area (Å²) in [5.41, 5.74) is 0.888. The normalized spacial score (nSPS) is 22.1. The average molecular weight is 261 g/mol. The van der Waals surface area contributed by atoms with Gasteiger partial charge in [0.05, 0.1) is 12.3 Å². The van der Waals surface area contributed by atoms with Crippen molar-refractivity contribution in [3.05, 3.63) is 35.9 Å². The monoisotopic (exact) mass is 261 g/mol. The Morgan fingerprint density at radius 2 is 1.89 bits per heavy atom. The maximum atomic E-state index is 12.4. The van der Waals surface area contributed by atoms with Gasteiger partial charge in [0.1, 0.15) is 6.10 Å². The topological polar surface area (TPSA) is 46.6 Å². The Balaban J connectivity index is 2.23. The molecule has 1 saturated heterocycles. The van der Waals surface area contributed by atoms with Crippen molar-refractivity contribution in [3.63, 3.8) is 0 Å². The Morgan fingerprint density at radius 3 is 2.47 bits per heavy atom. The molecule has 1 heterocycles. The molecule has 2 rings (SSSR count). The number of benzene rings is 1. The lowest BCUT2D eigenvalue weighted by molar-refractivity contribution is -0.142. The SMILES string of the molecule is CCN(CC)C(=O)[C@H]1CC(=O)O[C@@H]1c1ccccc1. The van der Waals surface area contributed by atoms with Gasteiger partial charge < -0.3 is 9.64 Å². The van der Waals surface area contributed by atoms with Crippen molar-refractivity contribution in [1.82, 2.24) is 4.90 Å². The summed E-state index contributed by atoms with van der Waals surface area (Å²) in [7, 11) is 0. The number of rotatable bonds is 4. The van der Waals surface area contributed by atoms with Gasteiger partial charge in [0, 0.05) is 13.1 Å². The van der Waals surface area contributed by atoms with E-state index >= 15 is 0 Å². The number of hydrogen-bond acceptors (Lipinski definition) is 3. The molecule has 1 fully saturated rings. The molecular formula is C15H19NO3. The third-order valence-corrected chi connectivity index (χ3v) is 3.53. The van der Waals surface area contributed by atoms with Crippen LogP contribution in [0.2, 0.25) is 0 Å². The van der Waals surface area contributed by atoms with Crippen LogP contribution in [-0.4, -0.2) is 29.9 Å². The number of amides is 1. The van der Waals surface area contributed by atoms with Gasteiger partial charge in [-0.2, -0.15) is 0 Å². The van der Waals surface area contributed by atoms with Gasteiger partial charge in [0.15, 0.2) is 0 Å². The van der Waals surface area contributed by atoms with Gasteiger partial charge in [-0.15, -0.1) is 0 Å². The quantitative estimate of drug-likeness (QED) is 0.780. The maximum absolute atomic E-state index is 12.4. The predicted molar refractivity (Wildman–Crippen MR) is 71.3 cm³/mol. The highest BCUT2D eigenvalue weighted by molar-refractivity contribution is 5.87. The molecule has 1 aliphatic rings. The van der Waals surface area contributed by atoms with E-state index in [0.29, 0.717) is 13.1 Å². The lowest BCUT2D eigenvalue weighted by atomic mass is 9.94. The van der Waals surface area contributed by atoms with Gasteiger partial charge in [-0.3, -0.25) is 9.59 Å². The summed E-state index contributed by atoms with van der Waals surface area (Å²) in [5.74, 6) is -0.682. The predicted octanol–water partition coefficient (Wildman–Crippen LogP) is 2.16. The van der Waals surface area contributed by atoms with Crippen molar-refractivity contribution in [2.45, 2.75) is 26.4 Å². The van der Waals surface area contributed by atoms with Crippen LogP contribution in [0.1, 0.15) is 31.9 Å². The molecule has 4 heteroatoms. The van der Waals surface area contributed by atoms with Crippen LogP contribution in [0.25, 0.3) is 0 Å². The first-order valence-electron chi connectivity index (χ1n) is 6.70. The molecule has 1 aromatic carbocycles.